The number of nitrogens with zero attached hydrogens (tertiary/aromatic N) is 4. The average Bonchev–Trinajstić information content (AvgIpc) is 3.63. The van der Waals surface area contributed by atoms with E-state index < -0.39 is 0 Å². The van der Waals surface area contributed by atoms with Crippen LogP contribution in [0.25, 0.3) is 0 Å². The quantitative estimate of drug-likeness (QED) is 0.290. The third-order valence-corrected chi connectivity index (χ3v) is 14.3. The topological polar surface area (TPSA) is 47.1 Å². The molecule has 4 heterocycles. The predicted octanol–water partition coefficient (Wildman–Crippen LogP) is 8.12. The maximum absolute atomic E-state index is 15.1. The number of fused-ring (bicyclic) bond motifs is 1. The number of piperidine rings is 1. The second-order valence-electron chi connectivity index (χ2n) is 15.4. The van der Waals surface area contributed by atoms with E-state index in [4.69, 9.17) is 23.2 Å². The second-order valence-corrected chi connectivity index (χ2v) is 17.6. The molecule has 0 aliphatic carbocycles. The van der Waals surface area contributed by atoms with Crippen molar-refractivity contribution >= 4 is 46.8 Å². The molecule has 262 valence electrons. The van der Waals surface area contributed by atoms with Crippen LogP contribution in [0, 0.1) is 11.8 Å². The van der Waals surface area contributed by atoms with Gasteiger partial charge in [0.25, 0.3) is 0 Å². The summed E-state index contributed by atoms with van der Waals surface area (Å²) < 4.78 is 0. The molecule has 0 radical (unpaired) electrons. The summed E-state index contributed by atoms with van der Waals surface area (Å²) in [4.78, 5) is 36.8. The standard InChI is InChI=1S/C39H54Cl2N4O2S/c1-8-32-17-18-33(23-42-19-20-43(27(6)46)26(5)22-42)44(32)38(47)36-35(24(2)3)45-34(48-36)21-25(4)39(7,29-11-15-31(41)16-12-29)37(45)28-9-13-30(40)14-10-28/h9-16,24-26,32-37H,8,17-23H2,1-7H3/t25?,26?,32-,33?,34?,35?,36?,37-,39+/m1/s1. The van der Waals surface area contributed by atoms with Gasteiger partial charge in [-0.1, -0.05) is 82.1 Å². The van der Waals surface area contributed by atoms with E-state index in [0.717, 1.165) is 61.9 Å². The zero-order valence-corrected chi connectivity index (χ0v) is 32.1. The lowest BCUT2D eigenvalue weighted by Gasteiger charge is -2.55. The van der Waals surface area contributed by atoms with Gasteiger partial charge in [0.1, 0.15) is 5.25 Å². The number of likely N-dealkylation sites (tertiary alicyclic amines) is 1. The molecule has 4 fully saturated rings. The fourth-order valence-corrected chi connectivity index (χ4v) is 11.9. The molecule has 0 N–H and O–H groups in total. The first-order valence-corrected chi connectivity index (χ1v) is 19.8. The van der Waals surface area contributed by atoms with Crippen LogP contribution in [0.2, 0.25) is 10.0 Å². The van der Waals surface area contributed by atoms with Crippen molar-refractivity contribution < 1.29 is 9.59 Å². The number of amides is 2. The van der Waals surface area contributed by atoms with Gasteiger partial charge < -0.3 is 9.80 Å². The summed E-state index contributed by atoms with van der Waals surface area (Å²) in [7, 11) is 0. The Morgan fingerprint density at radius 1 is 0.958 bits per heavy atom. The highest BCUT2D eigenvalue weighted by molar-refractivity contribution is 8.01. The summed E-state index contributed by atoms with van der Waals surface area (Å²) in [5.41, 5.74) is 2.32. The largest absolute Gasteiger partial charge is 0.338 e. The molecule has 6 nitrogen and oxygen atoms in total. The lowest BCUT2D eigenvalue weighted by Crippen LogP contribution is -2.59. The zero-order valence-electron chi connectivity index (χ0n) is 29.7. The number of benzene rings is 2. The monoisotopic (exact) mass is 712 g/mol. The Labute approximate surface area is 302 Å². The Morgan fingerprint density at radius 2 is 1.58 bits per heavy atom. The lowest BCUT2D eigenvalue weighted by molar-refractivity contribution is -0.136. The minimum Gasteiger partial charge on any atom is -0.338 e. The first-order chi connectivity index (χ1) is 22.8. The fourth-order valence-electron chi connectivity index (χ4n) is 9.64. The second kappa shape index (κ2) is 14.5. The number of hydrogen-bond donors (Lipinski definition) is 0. The molecule has 9 atom stereocenters. The molecule has 2 aromatic rings. The Kier molecular flexibility index (Phi) is 10.9. The van der Waals surface area contributed by atoms with E-state index in [2.05, 4.69) is 80.5 Å². The molecule has 0 spiro atoms. The van der Waals surface area contributed by atoms with Crippen LogP contribution in [-0.4, -0.2) is 92.4 Å². The molecule has 2 amide bonds. The van der Waals surface area contributed by atoms with Crippen LogP contribution in [0.1, 0.15) is 91.3 Å². The van der Waals surface area contributed by atoms with Gasteiger partial charge in [-0.25, -0.2) is 0 Å². The van der Waals surface area contributed by atoms with Crippen LogP contribution in [0.15, 0.2) is 48.5 Å². The molecular weight excluding hydrogens is 659 g/mol. The van der Waals surface area contributed by atoms with E-state index in [1.807, 2.05) is 40.9 Å². The number of carbonyl (C=O) groups excluding carboxylic acids is 2. The third kappa shape index (κ3) is 6.56. The molecule has 48 heavy (non-hydrogen) atoms. The molecule has 0 saturated carbocycles. The van der Waals surface area contributed by atoms with Gasteiger partial charge >= 0.3 is 0 Å². The normalized spacial score (nSPS) is 34.5. The van der Waals surface area contributed by atoms with Crippen LogP contribution in [0.5, 0.6) is 0 Å². The van der Waals surface area contributed by atoms with E-state index in [1.165, 1.54) is 11.1 Å². The maximum atomic E-state index is 15.1. The average molecular weight is 714 g/mol. The van der Waals surface area contributed by atoms with Crippen molar-refractivity contribution in [2.75, 3.05) is 26.2 Å². The number of piperazine rings is 1. The number of hydrogen-bond acceptors (Lipinski definition) is 5. The van der Waals surface area contributed by atoms with E-state index >= 15 is 4.79 Å². The Morgan fingerprint density at radius 3 is 2.17 bits per heavy atom. The Bertz CT molecular complexity index is 1460. The van der Waals surface area contributed by atoms with Gasteiger partial charge in [-0.05, 0) is 79.8 Å². The first-order valence-electron chi connectivity index (χ1n) is 18.1. The summed E-state index contributed by atoms with van der Waals surface area (Å²) in [6.45, 7) is 18.9. The zero-order chi connectivity index (χ0) is 34.5. The van der Waals surface area contributed by atoms with Gasteiger partial charge in [-0.15, -0.1) is 11.8 Å². The first kappa shape index (κ1) is 36.0. The highest BCUT2D eigenvalue weighted by Gasteiger charge is 2.60. The van der Waals surface area contributed by atoms with E-state index in [9.17, 15) is 4.79 Å². The molecule has 9 heteroatoms. The van der Waals surface area contributed by atoms with Crippen molar-refractivity contribution in [2.45, 2.75) is 120 Å². The van der Waals surface area contributed by atoms with Crippen LogP contribution in [0.4, 0.5) is 0 Å². The highest BCUT2D eigenvalue weighted by Crippen LogP contribution is 2.60. The van der Waals surface area contributed by atoms with Crippen molar-refractivity contribution in [2.24, 2.45) is 11.8 Å². The molecule has 4 saturated heterocycles. The summed E-state index contributed by atoms with van der Waals surface area (Å²) >= 11 is 14.8. The fraction of sp³-hybridized carbons (Fsp3) is 0.641. The van der Waals surface area contributed by atoms with Gasteiger partial charge in [-0.3, -0.25) is 19.4 Å². The smallest absolute Gasteiger partial charge is 0.237 e. The Balaban J connectivity index is 1.34. The van der Waals surface area contributed by atoms with Crippen LogP contribution >= 0.6 is 35.0 Å². The van der Waals surface area contributed by atoms with E-state index in [1.54, 1.807) is 6.92 Å². The van der Waals surface area contributed by atoms with Gasteiger partial charge in [0.05, 0.1) is 5.37 Å². The number of halogens is 2. The van der Waals surface area contributed by atoms with Crippen molar-refractivity contribution in [3.8, 4) is 0 Å². The SMILES string of the molecule is CC[C@@H]1CCC(CN2CCN(C(C)=O)C(C)C2)N1C(=O)C1SC2CC(C)[C@@](C)(c3ccc(Cl)cc3)[C@@H](c3ccc(Cl)cc3)N2C1C(C)C. The summed E-state index contributed by atoms with van der Waals surface area (Å²) in [5, 5.41) is 1.59. The third-order valence-electron chi connectivity index (χ3n) is 12.2. The molecule has 6 rings (SSSR count). The number of thioether (sulfide) groups is 1. The van der Waals surface area contributed by atoms with Crippen molar-refractivity contribution in [3.63, 3.8) is 0 Å². The predicted molar refractivity (Wildman–Crippen MR) is 200 cm³/mol. The molecule has 0 aromatic heterocycles. The van der Waals surface area contributed by atoms with E-state index in [-0.39, 0.29) is 58.1 Å². The van der Waals surface area contributed by atoms with Crippen molar-refractivity contribution in [3.05, 3.63) is 69.7 Å². The Hall–Kier alpha value is -1.77. The minimum atomic E-state index is -0.207. The van der Waals surface area contributed by atoms with Crippen LogP contribution < -0.4 is 0 Å². The molecule has 0 bridgehead atoms. The van der Waals surface area contributed by atoms with Crippen molar-refractivity contribution in [1.29, 1.82) is 0 Å². The summed E-state index contributed by atoms with van der Waals surface area (Å²) in [6.07, 6.45) is 4.10. The maximum Gasteiger partial charge on any atom is 0.237 e. The van der Waals surface area contributed by atoms with Gasteiger partial charge in [-0.2, -0.15) is 0 Å². The lowest BCUT2D eigenvalue weighted by atomic mass is 9.61. The van der Waals surface area contributed by atoms with Crippen LogP contribution in [-0.2, 0) is 15.0 Å². The van der Waals surface area contributed by atoms with Gasteiger partial charge in [0, 0.05) is 78.8 Å². The summed E-state index contributed by atoms with van der Waals surface area (Å²) in [6, 6.07) is 17.7. The molecular formula is C39H54Cl2N4O2S. The molecule has 4 aliphatic heterocycles. The molecule has 2 aromatic carbocycles. The van der Waals surface area contributed by atoms with Crippen molar-refractivity contribution in [1.82, 2.24) is 19.6 Å². The van der Waals surface area contributed by atoms with Crippen LogP contribution in [0.3, 0.4) is 0 Å². The number of rotatable bonds is 7. The highest BCUT2D eigenvalue weighted by atomic mass is 35.5. The van der Waals surface area contributed by atoms with E-state index in [0.29, 0.717) is 11.8 Å². The number of carbonyl (C=O) groups is 2. The molecule has 6 unspecified atom stereocenters. The van der Waals surface area contributed by atoms with Gasteiger partial charge in [0.15, 0.2) is 0 Å². The summed E-state index contributed by atoms with van der Waals surface area (Å²) in [5.74, 6) is 1.14. The molecule has 4 aliphatic rings. The van der Waals surface area contributed by atoms with Gasteiger partial charge in [0.2, 0.25) is 11.8 Å². The minimum absolute atomic E-state index is 0.0674.